The number of para-hydroxylation sites is 1. The standard InChI is InChI=1S/C19H20F2O4.C18H17BrF2O4.C18H17ClF2O4.C18H17F3O4.C18H17F2IO4.C18H18F2O4/c1-11-6-5-7-16(25-19(22)23-4)15(11)10-24-17-9-13(3)12(2)8-14(17)18(20)21;3*1-10-7-12(17(20)21)16(8-11(10)2)24-9-13-14(19)5-4-6-15(13)25-18(22)23-3;1-10-7-12(17(19)20)16(8-11(10)2)24-9-13-14(21)5-4-6-15(13)25-18(22)23-3;1-11-8-14(17(19)20)16(9-12(11)2)23-10-13-6-4-5-7-15(13)24-18(21)22-3/h5-9,18H,10H2,1-4H3;4*4-8,17H,9H2,1-3H3;4-9,17H,10H2,1-3H3. The number of halogens is 16. The maximum absolute atomic E-state index is 14.0. The zero-order valence-electron chi connectivity index (χ0n) is 83.9. The zero-order chi connectivity index (χ0) is 110. The third-order valence-corrected chi connectivity index (χ3v) is 24.3. The van der Waals surface area contributed by atoms with Gasteiger partial charge < -0.3 is 85.3 Å². The molecule has 0 radical (unpaired) electrons. The largest absolute Gasteiger partial charge is 0.513 e. The highest BCUT2D eigenvalue weighted by Gasteiger charge is 2.28. The van der Waals surface area contributed by atoms with E-state index in [-0.39, 0.29) is 153 Å². The van der Waals surface area contributed by atoms with Gasteiger partial charge in [-0.2, -0.15) is 0 Å². The fourth-order valence-electron chi connectivity index (χ4n) is 13.1. The topological polar surface area (TPSA) is 269 Å². The van der Waals surface area contributed by atoms with Gasteiger partial charge in [0.05, 0.1) is 92.2 Å². The Morgan fingerprint density at radius 3 is 0.812 bits per heavy atom. The molecule has 0 saturated heterocycles. The third-order valence-electron chi connectivity index (χ3n) is 22.2. The smallest absolute Gasteiger partial charge is 0.488 e. The molecule has 798 valence electrons. The Hall–Kier alpha value is -14.4. The van der Waals surface area contributed by atoms with Crippen molar-refractivity contribution in [3.05, 3.63) is 346 Å². The van der Waals surface area contributed by atoms with Crippen LogP contribution in [0, 0.1) is 99.4 Å². The Labute approximate surface area is 878 Å². The highest BCUT2D eigenvalue weighted by Crippen LogP contribution is 2.43. The van der Waals surface area contributed by atoms with Crippen molar-refractivity contribution in [3.8, 4) is 69.0 Å². The zero-order valence-corrected chi connectivity index (χ0v) is 88.4. The van der Waals surface area contributed by atoms with Crippen LogP contribution in [-0.4, -0.2) is 79.6 Å². The van der Waals surface area contributed by atoms with Gasteiger partial charge >= 0.3 is 36.9 Å². The van der Waals surface area contributed by atoms with E-state index in [1.165, 1.54) is 96.2 Å². The molecule has 12 aromatic rings. The Kier molecular flexibility index (Phi) is 48.1. The average Bonchev–Trinajstić information content (AvgIpc) is 0.825. The van der Waals surface area contributed by atoms with Crippen LogP contribution in [0.2, 0.25) is 5.02 Å². The summed E-state index contributed by atoms with van der Waals surface area (Å²) < 4.78 is 265. The van der Waals surface area contributed by atoms with E-state index >= 15 is 0 Å². The third kappa shape index (κ3) is 36.3. The van der Waals surface area contributed by atoms with Gasteiger partial charge in [0, 0.05) is 30.3 Å². The fourth-order valence-corrected chi connectivity index (χ4v) is 14.4. The van der Waals surface area contributed by atoms with Crippen LogP contribution >= 0.6 is 50.1 Å². The Morgan fingerprint density at radius 2 is 0.483 bits per heavy atom. The summed E-state index contributed by atoms with van der Waals surface area (Å²) in [5, 5.41) is 0.281. The van der Waals surface area contributed by atoms with Gasteiger partial charge in [0.2, 0.25) is 0 Å². The molecule has 0 aliphatic carbocycles. The van der Waals surface area contributed by atoms with Crippen molar-refractivity contribution in [3.63, 3.8) is 0 Å². The molecule has 0 unspecified atom stereocenters. The summed E-state index contributed by atoms with van der Waals surface area (Å²) in [5.41, 5.74) is 11.7. The molecule has 0 aromatic heterocycles. The average molecular weight is 2290 g/mol. The number of methoxy groups -OCH3 is 6. The first kappa shape index (κ1) is 122. The minimum absolute atomic E-state index is 0.0127. The van der Waals surface area contributed by atoms with E-state index in [4.69, 9.17) is 68.4 Å². The SMILES string of the molecule is COC(=O)Oc1cccc(Br)c1COc1cc(C)c(C)cc1C(F)F.COC(=O)Oc1cccc(C)c1COc1cc(C)c(C)cc1C(F)F.COC(=O)Oc1cccc(Cl)c1COc1cc(C)c(C)cc1C(F)F.COC(=O)Oc1cccc(F)c1COc1cc(C)c(C)cc1C(F)F.COC(=O)Oc1cccc(I)c1COc1cc(C)c(C)cc1C(F)F.COC(=O)Oc1ccccc1COc1cc(C)c(C)cc1C(F)F. The van der Waals surface area contributed by atoms with Gasteiger partial charge in [-0.1, -0.05) is 82.1 Å². The summed E-state index contributed by atoms with van der Waals surface area (Å²) in [5.74, 6) is 0.809. The highest BCUT2D eigenvalue weighted by atomic mass is 127. The van der Waals surface area contributed by atoms with Crippen molar-refractivity contribution in [1.29, 1.82) is 0 Å². The van der Waals surface area contributed by atoms with Gasteiger partial charge in [-0.05, 0) is 318 Å². The molecule has 40 heteroatoms. The number of aryl methyl sites for hydroxylation is 13. The van der Waals surface area contributed by atoms with E-state index in [2.05, 4.69) is 66.9 Å². The number of benzene rings is 12. The number of rotatable bonds is 30. The van der Waals surface area contributed by atoms with Crippen LogP contribution in [0.3, 0.4) is 0 Å². The molecule has 12 rings (SSSR count). The van der Waals surface area contributed by atoms with Gasteiger partial charge in [0.1, 0.15) is 114 Å². The van der Waals surface area contributed by atoms with E-state index in [9.17, 15) is 85.8 Å². The molecule has 0 N–H and O–H groups in total. The number of ether oxygens (including phenoxy) is 18. The van der Waals surface area contributed by atoms with Gasteiger partial charge in [-0.3, -0.25) is 0 Å². The van der Waals surface area contributed by atoms with Crippen LogP contribution in [0.1, 0.15) is 178 Å². The number of carbonyl (C=O) groups excluding carboxylic acids is 6. The minimum atomic E-state index is -2.74. The predicted octanol–water partition coefficient (Wildman–Crippen LogP) is 32.3. The van der Waals surface area contributed by atoms with Crippen LogP contribution in [0.15, 0.2) is 193 Å². The molecule has 0 aliphatic heterocycles. The van der Waals surface area contributed by atoms with Crippen LogP contribution in [0.5, 0.6) is 69.0 Å². The Balaban J connectivity index is 0.000000242. The van der Waals surface area contributed by atoms with Crippen molar-refractivity contribution in [2.45, 2.75) is 168 Å². The summed E-state index contributed by atoms with van der Waals surface area (Å²) in [4.78, 5) is 67.9. The summed E-state index contributed by atoms with van der Waals surface area (Å²) >= 11 is 11.5. The van der Waals surface area contributed by atoms with Gasteiger partial charge in [0.25, 0.3) is 38.6 Å². The molecular formula is C109H106BrClF13IO24. The van der Waals surface area contributed by atoms with Gasteiger partial charge in [-0.25, -0.2) is 85.8 Å². The highest BCUT2D eigenvalue weighted by molar-refractivity contribution is 14.1. The molecule has 0 fully saturated rings. The molecule has 0 heterocycles. The quantitative estimate of drug-likeness (QED) is 0.0133. The molecule has 0 atom stereocenters. The molecule has 149 heavy (non-hydrogen) atoms. The van der Waals surface area contributed by atoms with E-state index in [1.54, 1.807) is 171 Å². The summed E-state index contributed by atoms with van der Waals surface area (Å²) in [7, 11) is 7.09. The van der Waals surface area contributed by atoms with E-state index in [0.29, 0.717) is 37.9 Å². The first-order valence-corrected chi connectivity index (χ1v) is 46.8. The van der Waals surface area contributed by atoms with E-state index in [0.717, 1.165) is 83.5 Å². The molecule has 12 aromatic carbocycles. The first-order valence-electron chi connectivity index (χ1n) is 44.5. The van der Waals surface area contributed by atoms with Crippen LogP contribution in [0.4, 0.5) is 85.8 Å². The predicted molar refractivity (Wildman–Crippen MR) is 538 cm³/mol. The van der Waals surface area contributed by atoms with Crippen molar-refractivity contribution in [1.82, 2.24) is 0 Å². The van der Waals surface area contributed by atoms with Gasteiger partial charge in [0.15, 0.2) is 0 Å². The Bertz CT molecular complexity index is 5870. The minimum Gasteiger partial charge on any atom is -0.488 e. The van der Waals surface area contributed by atoms with Crippen LogP contribution in [0.25, 0.3) is 0 Å². The summed E-state index contributed by atoms with van der Waals surface area (Å²) in [6.45, 7) is 22.6. The van der Waals surface area contributed by atoms with Crippen molar-refractivity contribution >= 4 is 87.1 Å². The molecule has 0 aliphatic rings. The number of hydrogen-bond donors (Lipinski definition) is 0. The van der Waals surface area contributed by atoms with Crippen LogP contribution < -0.4 is 56.8 Å². The number of hydrogen-bond acceptors (Lipinski definition) is 24. The maximum Gasteiger partial charge on any atom is 0.513 e. The van der Waals surface area contributed by atoms with Crippen LogP contribution in [-0.2, 0) is 68.1 Å². The van der Waals surface area contributed by atoms with E-state index < -0.39 is 81.3 Å². The maximum atomic E-state index is 14.0. The van der Waals surface area contributed by atoms with Crippen molar-refractivity contribution in [2.75, 3.05) is 42.7 Å². The second-order valence-corrected chi connectivity index (χ2v) is 34.7. The second-order valence-electron chi connectivity index (χ2n) is 32.2. The summed E-state index contributed by atoms with van der Waals surface area (Å²) in [6, 6.07) is 48.2. The number of carbonyl (C=O) groups is 6. The molecule has 0 saturated carbocycles. The fraction of sp³-hybridized carbons (Fsp3) is 0.284. The van der Waals surface area contributed by atoms with E-state index in [1.807, 2.05) is 40.7 Å². The molecule has 0 spiro atoms. The lowest BCUT2D eigenvalue weighted by molar-refractivity contribution is 0.119. The molecular weight excluding hydrogens is 2180 g/mol. The lowest BCUT2D eigenvalue weighted by Gasteiger charge is -2.16. The lowest BCUT2D eigenvalue weighted by atomic mass is 10.0. The first-order chi connectivity index (χ1) is 70.6. The normalized spacial score (nSPS) is 10.7. The van der Waals surface area contributed by atoms with Gasteiger partial charge in [-0.15, -0.1) is 0 Å². The number of alkyl halides is 12. The molecule has 0 amide bonds. The van der Waals surface area contributed by atoms with Crippen molar-refractivity contribution in [2.24, 2.45) is 0 Å². The molecule has 0 bridgehead atoms. The second kappa shape index (κ2) is 59.0. The monoisotopic (exact) mass is 2290 g/mol. The lowest BCUT2D eigenvalue weighted by Crippen LogP contribution is -2.11. The Morgan fingerprint density at radius 1 is 0.255 bits per heavy atom. The molecule has 24 nitrogen and oxygen atoms in total. The summed E-state index contributed by atoms with van der Waals surface area (Å²) in [6.07, 6.45) is -21.4. The van der Waals surface area contributed by atoms with Crippen molar-refractivity contribution < 1.29 is 171 Å².